The minimum Gasteiger partial charge on any atom is -0.454 e. The molecule has 2 aromatic carbocycles. The monoisotopic (exact) mass is 503 g/mol. The normalized spacial score (nSPS) is 19.7. The van der Waals surface area contributed by atoms with Crippen LogP contribution in [0, 0.1) is 11.7 Å². The van der Waals surface area contributed by atoms with E-state index in [-0.39, 0.29) is 43.0 Å². The molecule has 2 saturated heterocycles. The van der Waals surface area contributed by atoms with Crippen molar-refractivity contribution in [1.82, 2.24) is 14.1 Å². The summed E-state index contributed by atoms with van der Waals surface area (Å²) in [6.45, 7) is 4.53. The van der Waals surface area contributed by atoms with Crippen LogP contribution in [0.4, 0.5) is 4.39 Å². The summed E-state index contributed by atoms with van der Waals surface area (Å²) >= 11 is 0. The minimum absolute atomic E-state index is 0.110. The Morgan fingerprint density at radius 1 is 0.943 bits per heavy atom. The van der Waals surface area contributed by atoms with E-state index in [2.05, 4.69) is 4.90 Å². The molecule has 2 fully saturated rings. The number of carbonyl (C=O) groups is 1. The predicted octanol–water partition coefficient (Wildman–Crippen LogP) is 2.44. The Hall–Kier alpha value is -2.69. The van der Waals surface area contributed by atoms with Gasteiger partial charge in [-0.2, -0.15) is 0 Å². The van der Waals surface area contributed by atoms with Crippen LogP contribution in [-0.2, 0) is 27.1 Å². The van der Waals surface area contributed by atoms with E-state index in [0.29, 0.717) is 25.9 Å². The molecule has 3 aliphatic heterocycles. The van der Waals surface area contributed by atoms with Crippen LogP contribution in [0.1, 0.15) is 24.0 Å². The molecule has 0 unspecified atom stereocenters. The van der Waals surface area contributed by atoms with E-state index >= 15 is 0 Å². The molecule has 0 aromatic heterocycles. The Kier molecular flexibility index (Phi) is 6.95. The summed E-state index contributed by atoms with van der Waals surface area (Å²) in [5.41, 5.74) is 1.32. The Morgan fingerprint density at radius 2 is 1.66 bits per heavy atom. The zero-order valence-electron chi connectivity index (χ0n) is 19.6. The van der Waals surface area contributed by atoms with Crippen LogP contribution in [0.2, 0.25) is 0 Å². The molecule has 3 aliphatic rings. The molecule has 0 bridgehead atoms. The summed E-state index contributed by atoms with van der Waals surface area (Å²) in [7, 11) is -3.63. The van der Waals surface area contributed by atoms with Crippen molar-refractivity contribution in [3.05, 3.63) is 59.4 Å². The van der Waals surface area contributed by atoms with Gasteiger partial charge < -0.3 is 14.4 Å². The van der Waals surface area contributed by atoms with Gasteiger partial charge in [-0.3, -0.25) is 9.69 Å². The third kappa shape index (κ3) is 5.44. The van der Waals surface area contributed by atoms with Gasteiger partial charge in [0.2, 0.25) is 22.7 Å². The molecule has 10 heteroatoms. The van der Waals surface area contributed by atoms with Gasteiger partial charge in [0.25, 0.3) is 0 Å². The van der Waals surface area contributed by atoms with Gasteiger partial charge in [-0.1, -0.05) is 24.3 Å². The van der Waals surface area contributed by atoms with Gasteiger partial charge in [-0.15, -0.1) is 0 Å². The van der Waals surface area contributed by atoms with E-state index in [0.717, 1.165) is 36.7 Å². The van der Waals surface area contributed by atoms with Crippen LogP contribution in [-0.4, -0.2) is 74.5 Å². The lowest BCUT2D eigenvalue weighted by Gasteiger charge is -2.38. The molecular weight excluding hydrogens is 473 g/mol. The molecule has 3 heterocycles. The second kappa shape index (κ2) is 10.1. The average molecular weight is 504 g/mol. The van der Waals surface area contributed by atoms with E-state index in [9.17, 15) is 17.6 Å². The van der Waals surface area contributed by atoms with E-state index in [1.165, 1.54) is 16.4 Å². The summed E-state index contributed by atoms with van der Waals surface area (Å²) in [6, 6.07) is 11.9. The number of piperidine rings is 1. The maximum absolute atomic E-state index is 13.9. The van der Waals surface area contributed by atoms with Gasteiger partial charge in [0, 0.05) is 57.3 Å². The molecule has 0 radical (unpaired) electrons. The van der Waals surface area contributed by atoms with Gasteiger partial charge >= 0.3 is 0 Å². The molecule has 0 atom stereocenters. The maximum atomic E-state index is 13.9. The fraction of sp³-hybridized carbons (Fsp3) is 0.480. The van der Waals surface area contributed by atoms with Crippen molar-refractivity contribution in [3.63, 3.8) is 0 Å². The number of halogens is 1. The summed E-state index contributed by atoms with van der Waals surface area (Å²) in [6.07, 6.45) is 0.986. The molecule has 5 rings (SSSR count). The van der Waals surface area contributed by atoms with Crippen LogP contribution >= 0.6 is 0 Å². The highest BCUT2D eigenvalue weighted by Gasteiger charge is 2.34. The standard InChI is InChI=1S/C25H30FN3O5S/c26-22-4-2-1-3-21(22)17-35(31,32)29-9-7-20(8-10-29)25(30)28-13-11-27(12-14-28)16-19-5-6-23-24(15-19)34-18-33-23/h1-6,15,20H,7-14,16-18H2. The number of hydrogen-bond donors (Lipinski definition) is 0. The number of hydrogen-bond acceptors (Lipinski definition) is 6. The van der Waals surface area contributed by atoms with Crippen molar-refractivity contribution in [2.75, 3.05) is 46.1 Å². The fourth-order valence-corrected chi connectivity index (χ4v) is 6.54. The highest BCUT2D eigenvalue weighted by atomic mass is 32.2. The van der Waals surface area contributed by atoms with Crippen LogP contribution in [0.3, 0.4) is 0 Å². The molecule has 35 heavy (non-hydrogen) atoms. The zero-order valence-corrected chi connectivity index (χ0v) is 20.4. The molecular formula is C25H30FN3O5S. The number of benzene rings is 2. The first-order valence-electron chi connectivity index (χ1n) is 12.0. The van der Waals surface area contributed by atoms with Gasteiger partial charge in [-0.05, 0) is 36.6 Å². The molecule has 1 amide bonds. The van der Waals surface area contributed by atoms with Crippen LogP contribution in [0.5, 0.6) is 11.5 Å². The van der Waals surface area contributed by atoms with E-state index in [1.54, 1.807) is 12.1 Å². The first-order chi connectivity index (χ1) is 16.9. The number of piperazine rings is 1. The first-order valence-corrected chi connectivity index (χ1v) is 13.6. The number of amides is 1. The lowest BCUT2D eigenvalue weighted by atomic mass is 9.96. The number of fused-ring (bicyclic) bond motifs is 1. The Bertz CT molecular complexity index is 1180. The minimum atomic E-state index is -3.63. The number of nitrogens with zero attached hydrogens (tertiary/aromatic N) is 3. The molecule has 0 saturated carbocycles. The number of sulfonamides is 1. The zero-order chi connectivity index (χ0) is 24.4. The van der Waals surface area contributed by atoms with Gasteiger partial charge in [0.05, 0.1) is 5.75 Å². The highest BCUT2D eigenvalue weighted by Crippen LogP contribution is 2.33. The summed E-state index contributed by atoms with van der Waals surface area (Å²) in [5, 5.41) is 0. The number of ether oxygens (including phenoxy) is 2. The Labute approximate surface area is 205 Å². The molecule has 0 spiro atoms. The van der Waals surface area contributed by atoms with Crippen molar-refractivity contribution in [2.45, 2.75) is 25.1 Å². The third-order valence-electron chi connectivity index (χ3n) is 7.02. The van der Waals surface area contributed by atoms with E-state index in [4.69, 9.17) is 9.47 Å². The SMILES string of the molecule is O=C(C1CCN(S(=O)(=O)Cc2ccccc2F)CC1)N1CCN(Cc2ccc3c(c2)OCO3)CC1. The van der Waals surface area contributed by atoms with E-state index < -0.39 is 15.8 Å². The number of rotatable bonds is 6. The van der Waals surface area contributed by atoms with E-state index in [1.807, 2.05) is 23.1 Å². The van der Waals surface area contributed by atoms with Crippen molar-refractivity contribution in [3.8, 4) is 11.5 Å². The topological polar surface area (TPSA) is 79.4 Å². The quantitative estimate of drug-likeness (QED) is 0.603. The van der Waals surface area contributed by atoms with Crippen molar-refractivity contribution in [2.24, 2.45) is 5.92 Å². The lowest BCUT2D eigenvalue weighted by molar-refractivity contribution is -0.138. The van der Waals surface area contributed by atoms with Crippen molar-refractivity contribution < 1.29 is 27.1 Å². The second-order valence-electron chi connectivity index (χ2n) is 9.31. The summed E-state index contributed by atoms with van der Waals surface area (Å²) in [5.74, 6) is 0.616. The van der Waals surface area contributed by atoms with Crippen molar-refractivity contribution >= 4 is 15.9 Å². The van der Waals surface area contributed by atoms with Crippen LogP contribution in [0.15, 0.2) is 42.5 Å². The maximum Gasteiger partial charge on any atom is 0.231 e. The average Bonchev–Trinajstić information content (AvgIpc) is 3.33. The van der Waals surface area contributed by atoms with Gasteiger partial charge in [-0.25, -0.2) is 17.1 Å². The smallest absolute Gasteiger partial charge is 0.231 e. The van der Waals surface area contributed by atoms with Crippen LogP contribution < -0.4 is 9.47 Å². The largest absolute Gasteiger partial charge is 0.454 e. The third-order valence-corrected chi connectivity index (χ3v) is 8.85. The lowest BCUT2D eigenvalue weighted by Crippen LogP contribution is -2.51. The molecule has 2 aromatic rings. The first kappa shape index (κ1) is 24.0. The molecule has 0 N–H and O–H groups in total. The highest BCUT2D eigenvalue weighted by molar-refractivity contribution is 7.88. The predicted molar refractivity (Wildman–Crippen MR) is 128 cm³/mol. The molecule has 0 aliphatic carbocycles. The van der Waals surface area contributed by atoms with Gasteiger partial charge in [0.1, 0.15) is 5.82 Å². The summed E-state index contributed by atoms with van der Waals surface area (Å²) < 4.78 is 51.7. The van der Waals surface area contributed by atoms with Crippen LogP contribution in [0.25, 0.3) is 0 Å². The van der Waals surface area contributed by atoms with Gasteiger partial charge in [0.15, 0.2) is 11.5 Å². The fourth-order valence-electron chi connectivity index (χ4n) is 4.97. The molecule has 188 valence electrons. The van der Waals surface area contributed by atoms with Crippen molar-refractivity contribution in [1.29, 1.82) is 0 Å². The molecule has 8 nitrogen and oxygen atoms in total. The summed E-state index contributed by atoms with van der Waals surface area (Å²) in [4.78, 5) is 17.3. The Morgan fingerprint density at radius 3 is 2.40 bits per heavy atom. The number of carbonyl (C=O) groups excluding carboxylic acids is 1. The second-order valence-corrected chi connectivity index (χ2v) is 11.3. The Balaban J connectivity index is 1.09.